The largest absolute Gasteiger partial charge is 0.314 e. The van der Waals surface area contributed by atoms with Crippen LogP contribution in [0.15, 0.2) is 30.7 Å². The molecule has 1 N–H and O–H groups in total. The number of hydrogen-bond acceptors (Lipinski definition) is 4. The number of hydrogen-bond donors (Lipinski definition) is 1. The molecule has 0 amide bonds. The second-order valence-electron chi connectivity index (χ2n) is 5.36. The fourth-order valence-electron chi connectivity index (χ4n) is 2.76. The van der Waals surface area contributed by atoms with Crippen molar-refractivity contribution in [2.75, 3.05) is 19.6 Å². The molecule has 3 heterocycles. The zero-order valence-corrected chi connectivity index (χ0v) is 13.3. The van der Waals surface area contributed by atoms with Crippen LogP contribution in [-0.4, -0.2) is 39.3 Å². The third-order valence-electron chi connectivity index (χ3n) is 4.13. The van der Waals surface area contributed by atoms with E-state index in [2.05, 4.69) is 33.3 Å². The summed E-state index contributed by atoms with van der Waals surface area (Å²) in [7, 11) is 2.00. The van der Waals surface area contributed by atoms with Gasteiger partial charge in [0.25, 0.3) is 0 Å². The maximum atomic E-state index is 4.34. The molecule has 2 aromatic heterocycles. The predicted octanol–water partition coefficient (Wildman–Crippen LogP) is 1.69. The highest BCUT2D eigenvalue weighted by atomic mass is 35.5. The van der Waals surface area contributed by atoms with Crippen LogP contribution in [0.2, 0.25) is 0 Å². The second kappa shape index (κ2) is 7.02. The average Bonchev–Trinajstić information content (AvgIpc) is 2.81. The van der Waals surface area contributed by atoms with Crippen molar-refractivity contribution in [2.45, 2.75) is 19.5 Å². The minimum atomic E-state index is 0. The molecule has 21 heavy (non-hydrogen) atoms. The summed E-state index contributed by atoms with van der Waals surface area (Å²) < 4.78 is 1.94. The van der Waals surface area contributed by atoms with Crippen molar-refractivity contribution in [1.29, 1.82) is 0 Å². The Morgan fingerprint density at radius 3 is 2.90 bits per heavy atom. The summed E-state index contributed by atoms with van der Waals surface area (Å²) in [6.07, 6.45) is 5.79. The van der Waals surface area contributed by atoms with Gasteiger partial charge in [0.1, 0.15) is 0 Å². The molecule has 5 nitrogen and oxygen atoms in total. The number of rotatable bonds is 3. The van der Waals surface area contributed by atoms with Gasteiger partial charge < -0.3 is 5.32 Å². The van der Waals surface area contributed by atoms with Crippen LogP contribution in [0.5, 0.6) is 0 Å². The van der Waals surface area contributed by atoms with Gasteiger partial charge in [0.15, 0.2) is 0 Å². The summed E-state index contributed by atoms with van der Waals surface area (Å²) in [5, 5.41) is 7.82. The Kier molecular flexibility index (Phi) is 5.33. The number of pyridine rings is 1. The Labute approximate surface area is 131 Å². The molecular formula is C15H22ClN5. The van der Waals surface area contributed by atoms with Crippen molar-refractivity contribution in [3.8, 4) is 0 Å². The number of nitrogens with one attached hydrogen (secondary N) is 1. The lowest BCUT2D eigenvalue weighted by molar-refractivity contribution is 0.153. The summed E-state index contributed by atoms with van der Waals surface area (Å²) >= 11 is 0. The first-order valence-electron chi connectivity index (χ1n) is 7.08. The first kappa shape index (κ1) is 15.9. The van der Waals surface area contributed by atoms with E-state index in [1.165, 1.54) is 16.8 Å². The van der Waals surface area contributed by atoms with Crippen molar-refractivity contribution in [1.82, 2.24) is 25.0 Å². The molecule has 3 rings (SSSR count). The number of halogens is 1. The zero-order valence-electron chi connectivity index (χ0n) is 12.5. The van der Waals surface area contributed by atoms with E-state index in [-0.39, 0.29) is 12.4 Å². The van der Waals surface area contributed by atoms with E-state index in [0.717, 1.165) is 26.2 Å². The van der Waals surface area contributed by atoms with Crippen molar-refractivity contribution >= 4 is 12.4 Å². The highest BCUT2D eigenvalue weighted by molar-refractivity contribution is 5.85. The monoisotopic (exact) mass is 307 g/mol. The molecule has 0 bridgehead atoms. The number of nitrogens with zero attached hydrogens (tertiary/aromatic N) is 4. The first-order valence-corrected chi connectivity index (χ1v) is 7.08. The standard InChI is InChI=1S/C15H21N5.ClH/c1-12-14(9-18-19(12)2)11-20-7-6-17-10-15(20)13-4-3-5-16-8-13;/h3-5,8-9,15,17H,6-7,10-11H2,1-2H3;1H. The molecule has 1 unspecified atom stereocenters. The van der Waals surface area contributed by atoms with E-state index >= 15 is 0 Å². The molecule has 0 spiro atoms. The van der Waals surface area contributed by atoms with E-state index in [1.54, 1.807) is 0 Å². The fourth-order valence-corrected chi connectivity index (χ4v) is 2.76. The summed E-state index contributed by atoms with van der Waals surface area (Å²) in [5.74, 6) is 0. The van der Waals surface area contributed by atoms with Gasteiger partial charge in [-0.3, -0.25) is 14.6 Å². The number of aryl methyl sites for hydroxylation is 1. The molecule has 0 aliphatic carbocycles. The van der Waals surface area contributed by atoms with Crippen LogP contribution >= 0.6 is 12.4 Å². The molecule has 0 saturated carbocycles. The molecule has 1 fully saturated rings. The fraction of sp³-hybridized carbons (Fsp3) is 0.467. The van der Waals surface area contributed by atoms with Gasteiger partial charge in [0.05, 0.1) is 6.20 Å². The average molecular weight is 308 g/mol. The smallest absolute Gasteiger partial charge is 0.0537 e. The molecule has 1 aliphatic rings. The summed E-state index contributed by atoms with van der Waals surface area (Å²) in [6, 6.07) is 4.56. The molecule has 1 saturated heterocycles. The Morgan fingerprint density at radius 2 is 2.24 bits per heavy atom. The highest BCUT2D eigenvalue weighted by Crippen LogP contribution is 2.24. The number of aromatic nitrogens is 3. The lowest BCUT2D eigenvalue weighted by atomic mass is 10.0. The minimum Gasteiger partial charge on any atom is -0.314 e. The van der Waals surface area contributed by atoms with E-state index in [4.69, 9.17) is 0 Å². The maximum Gasteiger partial charge on any atom is 0.0537 e. The number of piperazine rings is 1. The predicted molar refractivity (Wildman–Crippen MR) is 85.5 cm³/mol. The minimum absolute atomic E-state index is 0. The first-order chi connectivity index (χ1) is 9.75. The van der Waals surface area contributed by atoms with Crippen molar-refractivity contribution < 1.29 is 0 Å². The Hall–Kier alpha value is -1.43. The topological polar surface area (TPSA) is 46.0 Å². The van der Waals surface area contributed by atoms with Gasteiger partial charge in [-0.05, 0) is 18.6 Å². The molecule has 114 valence electrons. The van der Waals surface area contributed by atoms with Crippen molar-refractivity contribution in [3.05, 3.63) is 47.5 Å². The van der Waals surface area contributed by atoms with E-state index in [9.17, 15) is 0 Å². The lowest BCUT2D eigenvalue weighted by Gasteiger charge is -2.36. The molecule has 1 atom stereocenters. The summed E-state index contributed by atoms with van der Waals surface area (Å²) in [4.78, 5) is 6.76. The van der Waals surface area contributed by atoms with E-state index in [1.807, 2.05) is 36.4 Å². The molecule has 6 heteroatoms. The van der Waals surface area contributed by atoms with Gasteiger partial charge in [0.2, 0.25) is 0 Å². The van der Waals surface area contributed by atoms with Crippen LogP contribution in [0.3, 0.4) is 0 Å². The molecule has 1 aliphatic heterocycles. The lowest BCUT2D eigenvalue weighted by Crippen LogP contribution is -2.45. The van der Waals surface area contributed by atoms with Crippen LogP contribution < -0.4 is 5.32 Å². The second-order valence-corrected chi connectivity index (χ2v) is 5.36. The molecular weight excluding hydrogens is 286 g/mol. The van der Waals surface area contributed by atoms with Gasteiger partial charge in [-0.15, -0.1) is 12.4 Å². The van der Waals surface area contributed by atoms with Crippen molar-refractivity contribution in [3.63, 3.8) is 0 Å². The van der Waals surface area contributed by atoms with Crippen LogP contribution in [0.4, 0.5) is 0 Å². The van der Waals surface area contributed by atoms with Crippen molar-refractivity contribution in [2.24, 2.45) is 7.05 Å². The van der Waals surface area contributed by atoms with E-state index in [0.29, 0.717) is 6.04 Å². The van der Waals surface area contributed by atoms with Crippen LogP contribution in [0.25, 0.3) is 0 Å². The zero-order chi connectivity index (χ0) is 13.9. The van der Waals surface area contributed by atoms with Gasteiger partial charge in [0, 0.05) is 62.9 Å². The third-order valence-corrected chi connectivity index (χ3v) is 4.13. The third kappa shape index (κ3) is 3.43. The van der Waals surface area contributed by atoms with Crippen LogP contribution in [-0.2, 0) is 13.6 Å². The normalized spacial score (nSPS) is 19.2. The summed E-state index contributed by atoms with van der Waals surface area (Å²) in [5.41, 5.74) is 3.83. The van der Waals surface area contributed by atoms with Crippen LogP contribution in [0, 0.1) is 6.92 Å². The Bertz CT molecular complexity index is 569. The highest BCUT2D eigenvalue weighted by Gasteiger charge is 2.24. The molecule has 0 radical (unpaired) electrons. The SMILES string of the molecule is Cc1c(CN2CCNCC2c2cccnc2)cnn1C.Cl. The van der Waals surface area contributed by atoms with Crippen LogP contribution in [0.1, 0.15) is 22.9 Å². The van der Waals surface area contributed by atoms with Gasteiger partial charge in [-0.1, -0.05) is 6.07 Å². The van der Waals surface area contributed by atoms with Gasteiger partial charge in [-0.25, -0.2) is 0 Å². The Balaban J connectivity index is 0.00000161. The quantitative estimate of drug-likeness (QED) is 0.937. The van der Waals surface area contributed by atoms with Gasteiger partial charge >= 0.3 is 0 Å². The summed E-state index contributed by atoms with van der Waals surface area (Å²) in [6.45, 7) is 6.14. The van der Waals surface area contributed by atoms with E-state index < -0.39 is 0 Å². The molecule has 2 aromatic rings. The van der Waals surface area contributed by atoms with Gasteiger partial charge in [-0.2, -0.15) is 5.10 Å². The molecule has 0 aromatic carbocycles. The maximum absolute atomic E-state index is 4.34. The Morgan fingerprint density at radius 1 is 1.38 bits per heavy atom.